The number of carboxylic acid groups (broad SMARTS) is 1. The van der Waals surface area contributed by atoms with Crippen LogP contribution in [0.25, 0.3) is 0 Å². The third kappa shape index (κ3) is 3.59. The summed E-state index contributed by atoms with van der Waals surface area (Å²) in [5, 5.41) is 9.03. The van der Waals surface area contributed by atoms with Gasteiger partial charge >= 0.3 is 5.97 Å². The molecule has 1 aromatic rings. The van der Waals surface area contributed by atoms with Crippen LogP contribution in [0.2, 0.25) is 0 Å². The second-order valence-corrected chi connectivity index (χ2v) is 7.50. The average molecular weight is 358 g/mol. The molecule has 2 unspecified atom stereocenters. The normalized spacial score (nSPS) is 23.1. The number of carboxylic acids is 1. The minimum Gasteiger partial charge on any atom is -0.481 e. The van der Waals surface area contributed by atoms with Crippen LogP contribution in [-0.4, -0.2) is 46.9 Å². The van der Waals surface area contributed by atoms with E-state index in [1.54, 1.807) is 9.80 Å². The Morgan fingerprint density at radius 3 is 2.46 bits per heavy atom. The maximum Gasteiger partial charge on any atom is 0.305 e. The molecular formula is C20H26N2O4. The van der Waals surface area contributed by atoms with Gasteiger partial charge in [0.15, 0.2) is 0 Å². The summed E-state index contributed by atoms with van der Waals surface area (Å²) in [5.74, 6) is -1.55. The van der Waals surface area contributed by atoms with Gasteiger partial charge < -0.3 is 14.9 Å². The number of hydrogen-bond acceptors (Lipinski definition) is 3. The van der Waals surface area contributed by atoms with Crippen LogP contribution in [0.15, 0.2) is 24.3 Å². The fraction of sp³-hybridized carbons (Fsp3) is 0.550. The summed E-state index contributed by atoms with van der Waals surface area (Å²) >= 11 is 0. The Hall–Kier alpha value is -2.37. The molecule has 26 heavy (non-hydrogen) atoms. The van der Waals surface area contributed by atoms with Gasteiger partial charge in [0.1, 0.15) is 5.92 Å². The average Bonchev–Trinajstić information content (AvgIpc) is 3.20. The van der Waals surface area contributed by atoms with Crippen molar-refractivity contribution < 1.29 is 19.5 Å². The molecule has 6 heteroatoms. The number of anilines is 1. The van der Waals surface area contributed by atoms with Crippen molar-refractivity contribution >= 4 is 23.5 Å². The van der Waals surface area contributed by atoms with Crippen molar-refractivity contribution in [1.82, 2.24) is 4.90 Å². The fourth-order valence-electron chi connectivity index (χ4n) is 3.94. The van der Waals surface area contributed by atoms with Crippen molar-refractivity contribution in [3.8, 4) is 0 Å². The van der Waals surface area contributed by atoms with Crippen molar-refractivity contribution in [2.75, 3.05) is 18.0 Å². The van der Waals surface area contributed by atoms with Gasteiger partial charge in [-0.05, 0) is 42.9 Å². The van der Waals surface area contributed by atoms with E-state index < -0.39 is 11.9 Å². The van der Waals surface area contributed by atoms with Crippen LogP contribution < -0.4 is 4.90 Å². The van der Waals surface area contributed by atoms with Gasteiger partial charge in [-0.15, -0.1) is 0 Å². The van der Waals surface area contributed by atoms with E-state index in [-0.39, 0.29) is 24.3 Å². The van der Waals surface area contributed by atoms with Crippen molar-refractivity contribution in [3.63, 3.8) is 0 Å². The second kappa shape index (κ2) is 7.48. The molecule has 2 heterocycles. The Morgan fingerprint density at radius 1 is 1.15 bits per heavy atom. The molecular weight excluding hydrogens is 332 g/mol. The topological polar surface area (TPSA) is 77.9 Å². The van der Waals surface area contributed by atoms with E-state index in [1.807, 2.05) is 24.3 Å². The molecule has 0 radical (unpaired) electrons. The van der Waals surface area contributed by atoms with Gasteiger partial charge in [-0.1, -0.05) is 26.0 Å². The molecule has 1 N–H and O–H groups in total. The lowest BCUT2D eigenvalue weighted by Crippen LogP contribution is -2.43. The highest BCUT2D eigenvalue weighted by atomic mass is 16.4. The predicted molar refractivity (Wildman–Crippen MR) is 98.0 cm³/mol. The maximum absolute atomic E-state index is 12.9. The van der Waals surface area contributed by atoms with Crippen LogP contribution in [0, 0.1) is 5.92 Å². The molecule has 0 bridgehead atoms. The van der Waals surface area contributed by atoms with E-state index in [0.717, 1.165) is 12.1 Å². The van der Waals surface area contributed by atoms with Gasteiger partial charge in [-0.2, -0.15) is 0 Å². The van der Waals surface area contributed by atoms with Crippen molar-refractivity contribution in [2.45, 2.75) is 51.5 Å². The molecule has 0 spiro atoms. The van der Waals surface area contributed by atoms with Gasteiger partial charge in [0, 0.05) is 24.8 Å². The number of aliphatic carboxylic acids is 1. The van der Waals surface area contributed by atoms with Gasteiger partial charge in [-0.25, -0.2) is 0 Å². The fourth-order valence-corrected chi connectivity index (χ4v) is 3.94. The molecule has 2 saturated heterocycles. The molecule has 0 saturated carbocycles. The van der Waals surface area contributed by atoms with E-state index >= 15 is 0 Å². The quantitative estimate of drug-likeness (QED) is 0.821. The molecule has 2 fully saturated rings. The Labute approximate surface area is 153 Å². The van der Waals surface area contributed by atoms with E-state index in [4.69, 9.17) is 5.11 Å². The van der Waals surface area contributed by atoms with Crippen LogP contribution >= 0.6 is 0 Å². The number of likely N-dealkylation sites (tertiary alicyclic amines) is 1. The molecule has 2 amide bonds. The zero-order valence-corrected chi connectivity index (χ0v) is 15.4. The lowest BCUT2D eigenvalue weighted by Gasteiger charge is -2.26. The third-order valence-corrected chi connectivity index (χ3v) is 5.45. The summed E-state index contributed by atoms with van der Waals surface area (Å²) in [4.78, 5) is 40.0. The van der Waals surface area contributed by atoms with E-state index in [0.29, 0.717) is 31.8 Å². The number of carbonyl (C=O) groups is 3. The molecule has 3 rings (SSSR count). The van der Waals surface area contributed by atoms with Gasteiger partial charge in [0.2, 0.25) is 11.8 Å². The highest BCUT2D eigenvalue weighted by Crippen LogP contribution is 2.30. The Bertz CT molecular complexity index is 698. The summed E-state index contributed by atoms with van der Waals surface area (Å²) in [7, 11) is 0. The number of benzene rings is 1. The summed E-state index contributed by atoms with van der Waals surface area (Å²) < 4.78 is 0. The van der Waals surface area contributed by atoms with Crippen LogP contribution in [0.3, 0.4) is 0 Å². The summed E-state index contributed by atoms with van der Waals surface area (Å²) in [6, 6.07) is 7.62. The van der Waals surface area contributed by atoms with Crippen LogP contribution in [-0.2, 0) is 14.4 Å². The van der Waals surface area contributed by atoms with Crippen LogP contribution in [0.1, 0.15) is 51.0 Å². The number of carbonyl (C=O) groups excluding carboxylic acids is 2. The lowest BCUT2D eigenvalue weighted by atomic mass is 10.0. The smallest absolute Gasteiger partial charge is 0.305 e. The van der Waals surface area contributed by atoms with E-state index in [9.17, 15) is 14.4 Å². The molecule has 6 nitrogen and oxygen atoms in total. The molecule has 0 aliphatic carbocycles. The van der Waals surface area contributed by atoms with Crippen LogP contribution in [0.4, 0.5) is 5.69 Å². The molecule has 0 aromatic heterocycles. The monoisotopic (exact) mass is 358 g/mol. The lowest BCUT2D eigenvalue weighted by molar-refractivity contribution is -0.142. The second-order valence-electron chi connectivity index (χ2n) is 7.50. The van der Waals surface area contributed by atoms with Crippen molar-refractivity contribution in [3.05, 3.63) is 29.8 Å². The Balaban J connectivity index is 1.70. The molecule has 2 aliphatic heterocycles. The molecule has 1 aromatic carbocycles. The first-order chi connectivity index (χ1) is 12.4. The largest absolute Gasteiger partial charge is 0.481 e. The van der Waals surface area contributed by atoms with Gasteiger partial charge in [0.05, 0.1) is 6.42 Å². The highest BCUT2D eigenvalue weighted by molar-refractivity contribution is 6.09. The predicted octanol–water partition coefficient (Wildman–Crippen LogP) is 2.63. The maximum atomic E-state index is 12.9. The first-order valence-electron chi connectivity index (χ1n) is 9.32. The zero-order chi connectivity index (χ0) is 18.8. The first kappa shape index (κ1) is 18.4. The number of nitrogens with zero attached hydrogens (tertiary/aromatic N) is 2. The minimum absolute atomic E-state index is 0.0486. The molecule has 2 aliphatic rings. The highest BCUT2D eigenvalue weighted by Gasteiger charge is 2.42. The Morgan fingerprint density at radius 2 is 1.85 bits per heavy atom. The number of rotatable bonds is 5. The van der Waals surface area contributed by atoms with Gasteiger partial charge in [-0.3, -0.25) is 14.4 Å². The molecule has 140 valence electrons. The van der Waals surface area contributed by atoms with Crippen LogP contribution in [0.5, 0.6) is 0 Å². The van der Waals surface area contributed by atoms with E-state index in [1.165, 1.54) is 5.56 Å². The van der Waals surface area contributed by atoms with Gasteiger partial charge in [0.25, 0.3) is 0 Å². The standard InChI is InChI=1S/C20H26N2O4/c1-13(2)14-5-7-15(8-6-14)22-11-9-17(20(22)26)19(25)21-10-3-4-16(21)12-18(23)24/h5-8,13,16-17H,3-4,9-12H2,1-2H3,(H,23,24). The minimum atomic E-state index is -0.903. The number of hydrogen-bond donors (Lipinski definition) is 1. The first-order valence-corrected chi connectivity index (χ1v) is 9.32. The SMILES string of the molecule is CC(C)c1ccc(N2CCC(C(=O)N3CCCC3CC(=O)O)C2=O)cc1. The van der Waals surface area contributed by atoms with Crippen molar-refractivity contribution in [1.29, 1.82) is 0 Å². The Kier molecular flexibility index (Phi) is 5.30. The summed E-state index contributed by atoms with van der Waals surface area (Å²) in [5.41, 5.74) is 2.03. The van der Waals surface area contributed by atoms with E-state index in [2.05, 4.69) is 13.8 Å². The summed E-state index contributed by atoms with van der Waals surface area (Å²) in [6.45, 7) is 5.31. The van der Waals surface area contributed by atoms with Crippen molar-refractivity contribution in [2.24, 2.45) is 5.92 Å². The summed E-state index contributed by atoms with van der Waals surface area (Å²) in [6.07, 6.45) is 1.93. The molecule has 2 atom stereocenters. The third-order valence-electron chi connectivity index (χ3n) is 5.45. The zero-order valence-electron chi connectivity index (χ0n) is 15.4. The number of amides is 2.